The molecule has 17 heteroatoms. The Bertz CT molecular complexity index is 3420. The van der Waals surface area contributed by atoms with Gasteiger partial charge in [0.1, 0.15) is 0 Å². The van der Waals surface area contributed by atoms with Gasteiger partial charge in [0.15, 0.2) is 34.0 Å². The third-order valence-electron chi connectivity index (χ3n) is 10.1. The third-order valence-corrected chi connectivity index (χ3v) is 13.2. The second kappa shape index (κ2) is 24.5. The smallest absolute Gasteiger partial charge is 0.398 e. The van der Waals surface area contributed by atoms with Crippen LogP contribution < -0.4 is 22.3 Å². The van der Waals surface area contributed by atoms with Gasteiger partial charge in [0.2, 0.25) is 0 Å². The fraction of sp³-hybridized carbons (Fsp3) is 0.111. The summed E-state index contributed by atoms with van der Waals surface area (Å²) in [6.07, 6.45) is 3.43. The third kappa shape index (κ3) is 15.6. The Morgan fingerprint density at radius 1 is 0.563 bits per heavy atom. The summed E-state index contributed by atoms with van der Waals surface area (Å²) in [6, 6.07) is 31.3. The molecule has 362 valence electrons. The fourth-order valence-corrected chi connectivity index (χ4v) is 8.70. The van der Waals surface area contributed by atoms with E-state index in [2.05, 4.69) is 54.3 Å². The first kappa shape index (κ1) is 54.6. The van der Waals surface area contributed by atoms with Crippen LogP contribution in [0.5, 0.6) is 0 Å². The first-order valence-electron chi connectivity index (χ1n) is 21.2. The summed E-state index contributed by atoms with van der Waals surface area (Å²) in [5.74, 6) is -0.358. The van der Waals surface area contributed by atoms with Crippen LogP contribution in [0.2, 0.25) is 0 Å². The molecule has 0 fully saturated rings. The zero-order chi connectivity index (χ0) is 52.2. The van der Waals surface area contributed by atoms with Crippen LogP contribution in [-0.4, -0.2) is 33.1 Å². The number of carbonyl (C=O) groups excluding carboxylic acids is 4. The number of ketones is 4. The Morgan fingerprint density at radius 2 is 1.14 bits per heavy atom. The molecule has 0 amide bonds. The summed E-state index contributed by atoms with van der Waals surface area (Å²) in [4.78, 5) is 77.4. The van der Waals surface area contributed by atoms with Crippen molar-refractivity contribution >= 4 is 103 Å². The lowest BCUT2D eigenvalue weighted by Gasteiger charge is -2.10. The summed E-state index contributed by atoms with van der Waals surface area (Å²) < 4.78 is 38.3. The van der Waals surface area contributed by atoms with Gasteiger partial charge in [-0.1, -0.05) is 30.3 Å². The van der Waals surface area contributed by atoms with Crippen LogP contribution in [0.1, 0.15) is 36.1 Å². The Morgan fingerprint density at radius 3 is 1.72 bits per heavy atom. The minimum absolute atomic E-state index is 0.0394. The van der Waals surface area contributed by atoms with Crippen LogP contribution in [0, 0.1) is 20.8 Å². The van der Waals surface area contributed by atoms with Crippen LogP contribution in [0.4, 0.5) is 24.5 Å². The van der Waals surface area contributed by atoms with E-state index < -0.39 is 11.7 Å². The number of rotatable bonds is 0. The minimum Gasteiger partial charge on any atom is -0.398 e. The number of aromatic nitrogens is 2. The molecule has 0 atom stereocenters. The number of fused-ring (bicyclic) bond motifs is 4. The van der Waals surface area contributed by atoms with E-state index in [0.717, 1.165) is 75.4 Å². The number of nitrogen functional groups attached to an aromatic ring is 2. The number of halogens is 3. The molecule has 0 radical (unpaired) electrons. The predicted molar refractivity (Wildman–Crippen MR) is 286 cm³/mol. The van der Waals surface area contributed by atoms with Crippen molar-refractivity contribution in [3.05, 3.63) is 199 Å². The number of hydrogen-bond acceptors (Lipinski definition) is 14. The monoisotopic (exact) mass is 1030 g/mol. The molecule has 4 aromatic carbocycles. The van der Waals surface area contributed by atoms with Crippen LogP contribution in [-0.2, 0) is 25.4 Å². The molecule has 2 heterocycles. The van der Waals surface area contributed by atoms with Gasteiger partial charge in [-0.05, 0) is 155 Å². The zero-order valence-electron chi connectivity index (χ0n) is 38.7. The van der Waals surface area contributed by atoms with E-state index in [1.54, 1.807) is 60.8 Å². The van der Waals surface area contributed by atoms with Gasteiger partial charge in [0, 0.05) is 43.9 Å². The number of benzene rings is 6. The molecular weight excluding hydrogens is 986 g/mol. The van der Waals surface area contributed by atoms with Gasteiger partial charge in [0.05, 0.1) is 47.1 Å². The maximum absolute atomic E-state index is 12.0. The van der Waals surface area contributed by atoms with Crippen molar-refractivity contribution in [2.75, 3.05) is 11.5 Å². The summed E-state index contributed by atoms with van der Waals surface area (Å²) in [6.45, 7) is 9.15. The quantitative estimate of drug-likeness (QED) is 0.0494. The maximum atomic E-state index is 12.0. The van der Waals surface area contributed by atoms with Crippen molar-refractivity contribution in [1.29, 1.82) is 0 Å². The summed E-state index contributed by atoms with van der Waals surface area (Å²) in [5, 5.41) is 0. The molecule has 2 aliphatic heterocycles. The highest BCUT2D eigenvalue weighted by atomic mass is 32.1. The van der Waals surface area contributed by atoms with Crippen LogP contribution in [0.3, 0.4) is 0 Å². The number of thiol groups is 2. The summed E-state index contributed by atoms with van der Waals surface area (Å²) in [5.41, 5.74) is 18.9. The van der Waals surface area contributed by atoms with Crippen LogP contribution in [0.15, 0.2) is 176 Å². The first-order chi connectivity index (χ1) is 33.5. The molecule has 10 nitrogen and oxygen atoms in total. The zero-order valence-corrected chi connectivity index (χ0v) is 42.1. The molecule has 4 aliphatic carbocycles. The molecule has 0 saturated carbocycles. The van der Waals surface area contributed by atoms with Gasteiger partial charge in [-0.15, -0.1) is 47.9 Å². The fourth-order valence-electron chi connectivity index (χ4n) is 6.09. The van der Waals surface area contributed by atoms with E-state index in [1.807, 2.05) is 68.4 Å². The number of nitrogens with zero attached hydrogens (tertiary/aromatic N) is 2. The highest BCUT2D eigenvalue weighted by Gasteiger charge is 2.30. The van der Waals surface area contributed by atoms with Crippen molar-refractivity contribution < 1.29 is 32.3 Å². The molecule has 0 spiro atoms. The standard InChI is InChI=1S/C14H11NOS.C13H9NOS.C8H8O2.C7H6F3NS.C6H7NS.C6H4O2/c1-8-7-11(16)9(2)14-13(8)15-10-5-3-4-6-12(10)17-14;1-8-2-4-10-12(6-8)16-13-7-9(15)3-5-11(13)14-10;1-5-3-8(10)6(2)4-7(5)9;8-7(9,10)4-1-2-5(11)6(12)3-4;7-5-3-1-2-4-6(5)8;7-5-1-2-6(8)4-3-5/h3-7H,1-2H3;2-7H,1H3;3-4H,1-2H3;1-3,12H,11H2;1-4,8H,7H2;1-4H. The number of nitrogens with two attached hydrogens (primary N) is 2. The highest BCUT2D eigenvalue weighted by Crippen LogP contribution is 2.34. The van der Waals surface area contributed by atoms with E-state index in [1.165, 1.54) is 48.1 Å². The Labute approximate surface area is 425 Å². The molecule has 10 rings (SSSR count). The Kier molecular flexibility index (Phi) is 18.8. The van der Waals surface area contributed by atoms with Crippen LogP contribution >= 0.6 is 47.9 Å². The van der Waals surface area contributed by atoms with Gasteiger partial charge in [-0.2, -0.15) is 13.2 Å². The molecule has 4 aromatic rings. The highest BCUT2D eigenvalue weighted by molar-refractivity contribution is 7.80. The second-order valence-corrected chi connectivity index (χ2v) is 18.8. The lowest BCUT2D eigenvalue weighted by Crippen LogP contribution is -2.08. The topological polar surface area (TPSA) is 180 Å². The average molecular weight is 1030 g/mol. The van der Waals surface area contributed by atoms with Crippen molar-refractivity contribution in [1.82, 2.24) is 9.97 Å². The minimum atomic E-state index is -4.33. The average Bonchev–Trinajstić information content (AvgIpc) is 3.32. The number of anilines is 2. The van der Waals surface area contributed by atoms with Crippen molar-refractivity contribution in [2.45, 2.75) is 50.6 Å². The van der Waals surface area contributed by atoms with Gasteiger partial charge in [-0.3, -0.25) is 28.8 Å². The molecule has 71 heavy (non-hydrogen) atoms. The van der Waals surface area contributed by atoms with E-state index in [4.69, 9.17) is 11.5 Å². The number of hydrogen-bond donors (Lipinski definition) is 4. The number of para-hydroxylation sites is 2. The lowest BCUT2D eigenvalue weighted by atomic mass is 10.00. The van der Waals surface area contributed by atoms with Crippen molar-refractivity contribution in [3.8, 4) is 21.1 Å². The second-order valence-electron chi connectivity index (χ2n) is 15.7. The molecule has 6 aliphatic rings. The molecule has 0 unspecified atom stereocenters. The number of carbonyl (C=O) groups is 4. The van der Waals surface area contributed by atoms with Gasteiger partial charge >= 0.3 is 6.18 Å². The van der Waals surface area contributed by atoms with E-state index in [9.17, 15) is 41.9 Å². The molecule has 0 bridgehead atoms. The summed E-state index contributed by atoms with van der Waals surface area (Å²) >= 11 is 11.1. The molecule has 0 aromatic heterocycles. The predicted octanol–water partition coefficient (Wildman–Crippen LogP) is 11.9. The number of aryl methyl sites for hydroxylation is 2. The number of alkyl halides is 3. The maximum Gasteiger partial charge on any atom is 0.416 e. The summed E-state index contributed by atoms with van der Waals surface area (Å²) in [7, 11) is 0. The van der Waals surface area contributed by atoms with E-state index in [0.29, 0.717) is 11.1 Å². The number of allylic oxidation sites excluding steroid dienone is 8. The Balaban J connectivity index is 0.000000163. The van der Waals surface area contributed by atoms with E-state index in [-0.39, 0.29) is 44.6 Å². The molecule has 4 N–H and O–H groups in total. The normalized spacial score (nSPS) is 12.8. The Hall–Kier alpha value is -7.31. The molecular formula is C54H45F3N4O6S4. The lowest BCUT2D eigenvalue weighted by molar-refractivity contribution is -0.137. The first-order valence-corrected chi connectivity index (χ1v) is 23.7. The van der Waals surface area contributed by atoms with Gasteiger partial charge in [0.25, 0.3) is 0 Å². The van der Waals surface area contributed by atoms with Crippen molar-refractivity contribution in [3.63, 3.8) is 0 Å². The van der Waals surface area contributed by atoms with E-state index >= 15 is 0 Å². The van der Waals surface area contributed by atoms with Gasteiger partial charge < -0.3 is 11.5 Å². The molecule has 0 saturated heterocycles. The van der Waals surface area contributed by atoms with Gasteiger partial charge in [-0.25, -0.2) is 9.97 Å². The largest absolute Gasteiger partial charge is 0.416 e. The SMILES string of the molecule is CC1=CC(=O)C(C)=CC1=O.Cc1cc(=O)c(C)c2sc3ccccc3nc1-2.Cc1ccc2nc3ccc(=O)cc-3sc2c1.Nc1ccc(C(F)(F)F)cc1S.Nc1ccccc1S.O=C1C=CC(=O)C=C1. The van der Waals surface area contributed by atoms with Crippen LogP contribution in [0.25, 0.3) is 41.6 Å². The van der Waals surface area contributed by atoms with Crippen molar-refractivity contribution in [2.24, 2.45) is 0 Å².